The summed E-state index contributed by atoms with van der Waals surface area (Å²) in [7, 11) is 4.28. The predicted octanol–water partition coefficient (Wildman–Crippen LogP) is 1.98. The van der Waals surface area contributed by atoms with Crippen molar-refractivity contribution < 1.29 is 0 Å². The molecule has 1 heterocycles. The molecule has 1 aromatic carbocycles. The fourth-order valence-electron chi connectivity index (χ4n) is 2.88. The molecule has 3 nitrogen and oxygen atoms in total. The van der Waals surface area contributed by atoms with Crippen LogP contribution in [0.3, 0.4) is 0 Å². The standard InChI is InChI=1S/C16H27N3/c1-5-14-6-8-16(9-7-14)19-10-13(2)17-15(12-19)11-18(3)4/h6-9,13,15,17H,5,10-12H2,1-4H3. The van der Waals surface area contributed by atoms with Crippen molar-refractivity contribution in [2.45, 2.75) is 32.4 Å². The van der Waals surface area contributed by atoms with Crippen molar-refractivity contribution in [3.05, 3.63) is 29.8 Å². The van der Waals surface area contributed by atoms with Crippen LogP contribution < -0.4 is 10.2 Å². The van der Waals surface area contributed by atoms with Crippen molar-refractivity contribution >= 4 is 5.69 Å². The summed E-state index contributed by atoms with van der Waals surface area (Å²) in [4.78, 5) is 4.77. The molecule has 1 aliphatic heterocycles. The summed E-state index contributed by atoms with van der Waals surface area (Å²) in [6, 6.07) is 10.1. The smallest absolute Gasteiger partial charge is 0.0373 e. The molecule has 0 amide bonds. The monoisotopic (exact) mass is 261 g/mol. The van der Waals surface area contributed by atoms with Crippen LogP contribution in [-0.2, 0) is 6.42 Å². The molecular weight excluding hydrogens is 234 g/mol. The average molecular weight is 261 g/mol. The summed E-state index contributed by atoms with van der Waals surface area (Å²) in [5.41, 5.74) is 2.77. The fourth-order valence-corrected chi connectivity index (χ4v) is 2.88. The number of piperazine rings is 1. The molecule has 1 aliphatic rings. The molecule has 2 unspecified atom stereocenters. The van der Waals surface area contributed by atoms with E-state index in [2.05, 4.69) is 67.3 Å². The van der Waals surface area contributed by atoms with Gasteiger partial charge in [-0.2, -0.15) is 0 Å². The molecule has 0 bridgehead atoms. The van der Waals surface area contributed by atoms with E-state index in [1.807, 2.05) is 0 Å². The Hall–Kier alpha value is -1.06. The lowest BCUT2D eigenvalue weighted by Gasteiger charge is -2.40. The Labute approximate surface area is 117 Å². The zero-order valence-electron chi connectivity index (χ0n) is 12.7. The van der Waals surface area contributed by atoms with Crippen molar-refractivity contribution in [1.82, 2.24) is 10.2 Å². The van der Waals surface area contributed by atoms with Gasteiger partial charge in [-0.15, -0.1) is 0 Å². The highest BCUT2D eigenvalue weighted by Gasteiger charge is 2.24. The summed E-state index contributed by atoms with van der Waals surface area (Å²) in [6.45, 7) is 7.75. The molecular formula is C16H27N3. The second-order valence-electron chi connectivity index (χ2n) is 5.95. The van der Waals surface area contributed by atoms with Crippen molar-refractivity contribution in [3.63, 3.8) is 0 Å². The highest BCUT2D eigenvalue weighted by atomic mass is 15.2. The Morgan fingerprint density at radius 2 is 1.89 bits per heavy atom. The predicted molar refractivity (Wildman–Crippen MR) is 83.0 cm³/mol. The maximum atomic E-state index is 3.69. The fraction of sp³-hybridized carbons (Fsp3) is 0.625. The van der Waals surface area contributed by atoms with Crippen LogP contribution in [0.4, 0.5) is 5.69 Å². The van der Waals surface area contributed by atoms with E-state index in [0.717, 1.165) is 26.1 Å². The Morgan fingerprint density at radius 3 is 2.47 bits per heavy atom. The summed E-state index contributed by atoms with van der Waals surface area (Å²) in [5.74, 6) is 0. The molecule has 1 fully saturated rings. The van der Waals surface area contributed by atoms with E-state index >= 15 is 0 Å². The number of rotatable bonds is 4. The maximum Gasteiger partial charge on any atom is 0.0373 e. The summed E-state index contributed by atoms with van der Waals surface area (Å²) >= 11 is 0. The highest BCUT2D eigenvalue weighted by molar-refractivity contribution is 5.48. The first-order chi connectivity index (χ1) is 9.08. The van der Waals surface area contributed by atoms with Gasteiger partial charge in [-0.1, -0.05) is 19.1 Å². The largest absolute Gasteiger partial charge is 0.368 e. The van der Waals surface area contributed by atoms with Gasteiger partial charge in [0.25, 0.3) is 0 Å². The van der Waals surface area contributed by atoms with E-state index in [4.69, 9.17) is 0 Å². The molecule has 1 aromatic rings. The maximum absolute atomic E-state index is 3.69. The van der Waals surface area contributed by atoms with E-state index < -0.39 is 0 Å². The van der Waals surface area contributed by atoms with Crippen molar-refractivity contribution in [2.75, 3.05) is 38.6 Å². The quantitative estimate of drug-likeness (QED) is 0.894. The van der Waals surface area contributed by atoms with Gasteiger partial charge in [0, 0.05) is 37.4 Å². The minimum Gasteiger partial charge on any atom is -0.368 e. The highest BCUT2D eigenvalue weighted by Crippen LogP contribution is 2.19. The number of hydrogen-bond acceptors (Lipinski definition) is 3. The topological polar surface area (TPSA) is 18.5 Å². The van der Waals surface area contributed by atoms with Gasteiger partial charge in [0.05, 0.1) is 0 Å². The molecule has 0 radical (unpaired) electrons. The Morgan fingerprint density at radius 1 is 1.21 bits per heavy atom. The van der Waals surface area contributed by atoms with E-state index in [-0.39, 0.29) is 0 Å². The second kappa shape index (κ2) is 6.40. The number of hydrogen-bond donors (Lipinski definition) is 1. The molecule has 0 spiro atoms. The SMILES string of the molecule is CCc1ccc(N2CC(C)NC(CN(C)C)C2)cc1. The van der Waals surface area contributed by atoms with Gasteiger partial charge in [-0.3, -0.25) is 0 Å². The summed E-state index contributed by atoms with van der Waals surface area (Å²) in [6.07, 6.45) is 1.11. The molecule has 0 aromatic heterocycles. The van der Waals surface area contributed by atoms with E-state index in [9.17, 15) is 0 Å². The van der Waals surface area contributed by atoms with Crippen LogP contribution in [0.5, 0.6) is 0 Å². The van der Waals surface area contributed by atoms with Crippen LogP contribution in [0, 0.1) is 0 Å². The Bertz CT molecular complexity index is 383. The number of benzene rings is 1. The molecule has 1 saturated heterocycles. The first-order valence-corrected chi connectivity index (χ1v) is 7.33. The number of likely N-dealkylation sites (N-methyl/N-ethyl adjacent to an activating group) is 1. The lowest BCUT2D eigenvalue weighted by atomic mass is 10.1. The molecule has 2 atom stereocenters. The number of anilines is 1. The number of aryl methyl sites for hydroxylation is 1. The Kier molecular flexibility index (Phi) is 4.83. The van der Waals surface area contributed by atoms with Crippen molar-refractivity contribution in [3.8, 4) is 0 Å². The van der Waals surface area contributed by atoms with Gasteiger partial charge in [0.1, 0.15) is 0 Å². The normalized spacial score (nSPS) is 23.9. The van der Waals surface area contributed by atoms with Crippen LogP contribution in [0.15, 0.2) is 24.3 Å². The van der Waals surface area contributed by atoms with Gasteiger partial charge < -0.3 is 15.1 Å². The van der Waals surface area contributed by atoms with Gasteiger partial charge in [0.15, 0.2) is 0 Å². The van der Waals surface area contributed by atoms with Crippen molar-refractivity contribution in [1.29, 1.82) is 0 Å². The van der Waals surface area contributed by atoms with Crippen LogP contribution in [0.1, 0.15) is 19.4 Å². The third kappa shape index (κ3) is 3.95. The van der Waals surface area contributed by atoms with Crippen LogP contribution in [-0.4, -0.2) is 50.7 Å². The minimum atomic E-state index is 0.546. The zero-order chi connectivity index (χ0) is 13.8. The molecule has 1 N–H and O–H groups in total. The number of nitrogens with one attached hydrogen (secondary N) is 1. The third-order valence-electron chi connectivity index (χ3n) is 3.75. The first-order valence-electron chi connectivity index (χ1n) is 7.33. The van der Waals surface area contributed by atoms with Gasteiger partial charge in [0.2, 0.25) is 0 Å². The van der Waals surface area contributed by atoms with Crippen LogP contribution in [0.25, 0.3) is 0 Å². The lowest BCUT2D eigenvalue weighted by Crippen LogP contribution is -2.58. The Balaban J connectivity index is 2.05. The molecule has 0 aliphatic carbocycles. The van der Waals surface area contributed by atoms with Gasteiger partial charge >= 0.3 is 0 Å². The minimum absolute atomic E-state index is 0.546. The molecule has 19 heavy (non-hydrogen) atoms. The molecule has 106 valence electrons. The van der Waals surface area contributed by atoms with E-state index in [0.29, 0.717) is 12.1 Å². The summed E-state index contributed by atoms with van der Waals surface area (Å²) < 4.78 is 0. The van der Waals surface area contributed by atoms with Gasteiger partial charge in [-0.25, -0.2) is 0 Å². The molecule has 3 heteroatoms. The van der Waals surface area contributed by atoms with Crippen LogP contribution in [0.2, 0.25) is 0 Å². The van der Waals surface area contributed by atoms with Crippen molar-refractivity contribution in [2.24, 2.45) is 0 Å². The lowest BCUT2D eigenvalue weighted by molar-refractivity contribution is 0.297. The number of nitrogens with zero attached hydrogens (tertiary/aromatic N) is 2. The molecule has 0 saturated carbocycles. The summed E-state index contributed by atoms with van der Waals surface area (Å²) in [5, 5.41) is 3.69. The van der Waals surface area contributed by atoms with E-state index in [1.165, 1.54) is 11.3 Å². The zero-order valence-corrected chi connectivity index (χ0v) is 12.7. The second-order valence-corrected chi connectivity index (χ2v) is 5.95. The average Bonchev–Trinajstić information content (AvgIpc) is 2.37. The first kappa shape index (κ1) is 14.4. The van der Waals surface area contributed by atoms with Crippen LogP contribution >= 0.6 is 0 Å². The third-order valence-corrected chi connectivity index (χ3v) is 3.75. The molecule has 2 rings (SSSR count). The van der Waals surface area contributed by atoms with Gasteiger partial charge in [-0.05, 0) is 45.1 Å². The van der Waals surface area contributed by atoms with E-state index in [1.54, 1.807) is 0 Å².